The minimum absolute atomic E-state index is 0.0233. The SMILES string of the molecule is O=C(c1ccc(NC2CCc3c(Cl)cccc32)nc1)N1CCS(=O)(=O)CC1. The third-order valence-electron chi connectivity index (χ3n) is 5.18. The van der Waals surface area contributed by atoms with Crippen molar-refractivity contribution >= 4 is 33.2 Å². The molecule has 1 aromatic carbocycles. The summed E-state index contributed by atoms with van der Waals surface area (Å²) in [6.45, 7) is 0.474. The van der Waals surface area contributed by atoms with E-state index < -0.39 is 9.84 Å². The average molecular weight is 406 g/mol. The summed E-state index contributed by atoms with van der Waals surface area (Å²) < 4.78 is 23.0. The van der Waals surface area contributed by atoms with E-state index in [0.717, 1.165) is 17.9 Å². The summed E-state index contributed by atoms with van der Waals surface area (Å²) in [5.74, 6) is 0.567. The number of hydrogen-bond donors (Lipinski definition) is 1. The van der Waals surface area contributed by atoms with Crippen LogP contribution in [0.1, 0.15) is 33.9 Å². The summed E-state index contributed by atoms with van der Waals surface area (Å²) in [5.41, 5.74) is 2.84. The van der Waals surface area contributed by atoms with Crippen LogP contribution in [0.25, 0.3) is 0 Å². The lowest BCUT2D eigenvalue weighted by atomic mass is 10.1. The Morgan fingerprint density at radius 1 is 1.19 bits per heavy atom. The van der Waals surface area contributed by atoms with Gasteiger partial charge in [-0.1, -0.05) is 23.7 Å². The van der Waals surface area contributed by atoms with Crippen molar-refractivity contribution in [1.29, 1.82) is 0 Å². The zero-order valence-electron chi connectivity index (χ0n) is 14.7. The number of amides is 1. The van der Waals surface area contributed by atoms with Gasteiger partial charge in [-0.25, -0.2) is 13.4 Å². The number of aromatic nitrogens is 1. The number of fused-ring (bicyclic) bond motifs is 1. The van der Waals surface area contributed by atoms with Gasteiger partial charge in [0.25, 0.3) is 5.91 Å². The van der Waals surface area contributed by atoms with Crippen LogP contribution in [-0.2, 0) is 16.3 Å². The summed E-state index contributed by atoms with van der Waals surface area (Å²) in [6, 6.07) is 9.61. The van der Waals surface area contributed by atoms with E-state index in [0.29, 0.717) is 11.4 Å². The molecule has 0 spiro atoms. The number of nitrogens with one attached hydrogen (secondary N) is 1. The second-order valence-corrected chi connectivity index (χ2v) is 9.63. The molecule has 1 saturated heterocycles. The van der Waals surface area contributed by atoms with Gasteiger partial charge in [0.2, 0.25) is 0 Å². The van der Waals surface area contributed by atoms with Gasteiger partial charge in [0.05, 0.1) is 23.1 Å². The first-order valence-electron chi connectivity index (χ1n) is 8.92. The third-order valence-corrected chi connectivity index (χ3v) is 7.14. The Hall–Kier alpha value is -2.12. The van der Waals surface area contributed by atoms with Crippen LogP contribution < -0.4 is 5.32 Å². The molecule has 0 saturated carbocycles. The Kier molecular flexibility index (Phi) is 4.82. The van der Waals surface area contributed by atoms with Crippen molar-refractivity contribution in [3.63, 3.8) is 0 Å². The fourth-order valence-corrected chi connectivity index (χ4v) is 5.12. The molecular weight excluding hydrogens is 386 g/mol. The quantitative estimate of drug-likeness (QED) is 0.849. The minimum Gasteiger partial charge on any atom is -0.363 e. The largest absolute Gasteiger partial charge is 0.363 e. The molecule has 1 aromatic heterocycles. The van der Waals surface area contributed by atoms with Gasteiger partial charge in [-0.3, -0.25) is 4.79 Å². The van der Waals surface area contributed by atoms with Crippen molar-refractivity contribution in [3.05, 3.63) is 58.2 Å². The molecule has 0 radical (unpaired) electrons. The maximum absolute atomic E-state index is 12.5. The van der Waals surface area contributed by atoms with E-state index in [-0.39, 0.29) is 36.5 Å². The highest BCUT2D eigenvalue weighted by Gasteiger charge is 2.27. The van der Waals surface area contributed by atoms with E-state index in [1.54, 1.807) is 23.2 Å². The topological polar surface area (TPSA) is 79.4 Å². The number of pyridine rings is 1. The Morgan fingerprint density at radius 2 is 1.96 bits per heavy atom. The maximum atomic E-state index is 12.5. The highest BCUT2D eigenvalue weighted by atomic mass is 35.5. The summed E-state index contributed by atoms with van der Waals surface area (Å²) in [5, 5.41) is 4.21. The molecule has 1 unspecified atom stereocenters. The molecule has 2 heterocycles. The third kappa shape index (κ3) is 3.80. The Morgan fingerprint density at radius 3 is 2.67 bits per heavy atom. The first-order valence-corrected chi connectivity index (χ1v) is 11.1. The van der Waals surface area contributed by atoms with Gasteiger partial charge in [-0.15, -0.1) is 0 Å². The predicted octanol–water partition coefficient (Wildman–Crippen LogP) is 2.71. The van der Waals surface area contributed by atoms with E-state index >= 15 is 0 Å². The van der Waals surface area contributed by atoms with Crippen LogP contribution in [0.3, 0.4) is 0 Å². The van der Waals surface area contributed by atoms with E-state index in [9.17, 15) is 13.2 Å². The number of carbonyl (C=O) groups excluding carboxylic acids is 1. The first-order chi connectivity index (χ1) is 12.9. The second kappa shape index (κ2) is 7.13. The zero-order valence-corrected chi connectivity index (χ0v) is 16.3. The molecule has 1 atom stereocenters. The number of benzene rings is 1. The molecule has 1 amide bonds. The van der Waals surface area contributed by atoms with Crippen LogP contribution in [0.4, 0.5) is 5.82 Å². The minimum atomic E-state index is -3.01. The number of rotatable bonds is 3. The molecule has 8 heteroatoms. The number of carbonyl (C=O) groups is 1. The van der Waals surface area contributed by atoms with Crippen LogP contribution >= 0.6 is 11.6 Å². The fraction of sp³-hybridized carbons (Fsp3) is 0.368. The van der Waals surface area contributed by atoms with Crippen molar-refractivity contribution in [2.45, 2.75) is 18.9 Å². The summed E-state index contributed by atoms with van der Waals surface area (Å²) in [6.07, 6.45) is 3.42. The second-order valence-electron chi connectivity index (χ2n) is 6.92. The number of halogens is 1. The van der Waals surface area contributed by atoms with Gasteiger partial charge in [0, 0.05) is 24.3 Å². The van der Waals surface area contributed by atoms with Crippen molar-refractivity contribution < 1.29 is 13.2 Å². The van der Waals surface area contributed by atoms with Crippen LogP contribution in [0, 0.1) is 0 Å². The highest BCUT2D eigenvalue weighted by molar-refractivity contribution is 7.91. The Labute approximate surface area is 163 Å². The molecule has 6 nitrogen and oxygen atoms in total. The van der Waals surface area contributed by atoms with Gasteiger partial charge >= 0.3 is 0 Å². The van der Waals surface area contributed by atoms with Gasteiger partial charge < -0.3 is 10.2 Å². The van der Waals surface area contributed by atoms with Crippen LogP contribution in [0.15, 0.2) is 36.5 Å². The smallest absolute Gasteiger partial charge is 0.255 e. The summed E-state index contributed by atoms with van der Waals surface area (Å²) in [4.78, 5) is 18.5. The van der Waals surface area contributed by atoms with E-state index in [1.807, 2.05) is 12.1 Å². The van der Waals surface area contributed by atoms with Crippen molar-refractivity contribution in [2.24, 2.45) is 0 Å². The molecule has 2 aromatic rings. The first kappa shape index (κ1) is 18.3. The molecule has 27 heavy (non-hydrogen) atoms. The van der Waals surface area contributed by atoms with Crippen LogP contribution in [0.2, 0.25) is 5.02 Å². The molecule has 1 N–H and O–H groups in total. The lowest BCUT2D eigenvalue weighted by Gasteiger charge is -2.26. The molecule has 1 aliphatic carbocycles. The average Bonchev–Trinajstić information content (AvgIpc) is 3.06. The standard InChI is InChI=1S/C19H20ClN3O3S/c20-16-3-1-2-15-14(16)5-6-17(15)22-18-7-4-13(12-21-18)19(24)23-8-10-27(25,26)11-9-23/h1-4,7,12,17H,5-6,8-11H2,(H,21,22). The molecule has 1 aliphatic heterocycles. The number of sulfone groups is 1. The highest BCUT2D eigenvalue weighted by Crippen LogP contribution is 2.37. The predicted molar refractivity (Wildman–Crippen MR) is 105 cm³/mol. The van der Waals surface area contributed by atoms with E-state index in [4.69, 9.17) is 11.6 Å². The van der Waals surface area contributed by atoms with Crippen molar-refractivity contribution in [1.82, 2.24) is 9.88 Å². The lowest BCUT2D eigenvalue weighted by Crippen LogP contribution is -2.43. The maximum Gasteiger partial charge on any atom is 0.255 e. The lowest BCUT2D eigenvalue weighted by molar-refractivity contribution is 0.0770. The normalized spacial score (nSPS) is 20.9. The van der Waals surface area contributed by atoms with Gasteiger partial charge in [0.1, 0.15) is 5.82 Å². The van der Waals surface area contributed by atoms with Gasteiger partial charge in [-0.2, -0.15) is 0 Å². The molecule has 1 fully saturated rings. The molecular formula is C19H20ClN3O3S. The van der Waals surface area contributed by atoms with E-state index in [1.165, 1.54) is 11.1 Å². The number of nitrogens with zero attached hydrogens (tertiary/aromatic N) is 2. The molecule has 2 aliphatic rings. The molecule has 0 bridgehead atoms. The molecule has 142 valence electrons. The van der Waals surface area contributed by atoms with Crippen molar-refractivity contribution in [3.8, 4) is 0 Å². The monoisotopic (exact) mass is 405 g/mol. The summed E-state index contributed by atoms with van der Waals surface area (Å²) in [7, 11) is -3.01. The zero-order chi connectivity index (χ0) is 19.0. The summed E-state index contributed by atoms with van der Waals surface area (Å²) >= 11 is 6.26. The number of anilines is 1. The Bertz CT molecular complexity index is 962. The van der Waals surface area contributed by atoms with E-state index in [2.05, 4.69) is 16.4 Å². The van der Waals surface area contributed by atoms with Crippen molar-refractivity contribution in [2.75, 3.05) is 29.9 Å². The fourth-order valence-electron chi connectivity index (χ4n) is 3.64. The number of hydrogen-bond acceptors (Lipinski definition) is 5. The Balaban J connectivity index is 1.43. The van der Waals surface area contributed by atoms with Crippen LogP contribution in [-0.4, -0.2) is 48.8 Å². The van der Waals surface area contributed by atoms with Gasteiger partial charge in [-0.05, 0) is 42.2 Å². The molecule has 4 rings (SSSR count). The van der Waals surface area contributed by atoms with Crippen LogP contribution in [0.5, 0.6) is 0 Å². The van der Waals surface area contributed by atoms with Gasteiger partial charge in [0.15, 0.2) is 9.84 Å².